The third-order valence-electron chi connectivity index (χ3n) is 5.08. The molecule has 1 aliphatic rings. The molecule has 1 heterocycles. The minimum Gasteiger partial charge on any atom is -0.370 e. The van der Waals surface area contributed by atoms with Gasteiger partial charge in [0.1, 0.15) is 0 Å². The lowest BCUT2D eigenvalue weighted by Gasteiger charge is -2.25. The molecule has 0 aromatic carbocycles. The van der Waals surface area contributed by atoms with E-state index in [0.29, 0.717) is 6.17 Å². The Kier molecular flexibility index (Phi) is 14.6. The van der Waals surface area contributed by atoms with Gasteiger partial charge in [-0.3, -0.25) is 0 Å². The fourth-order valence-electron chi connectivity index (χ4n) is 3.49. The maximum absolute atomic E-state index is 5.65. The molecule has 0 amide bonds. The molecule has 0 bridgehead atoms. The highest BCUT2D eigenvalue weighted by atomic mass is 15.3. The molecule has 1 aliphatic heterocycles. The quantitative estimate of drug-likeness (QED) is 0.262. The second-order valence-corrected chi connectivity index (χ2v) is 7.40. The summed E-state index contributed by atoms with van der Waals surface area (Å²) < 4.78 is 0. The van der Waals surface area contributed by atoms with Crippen LogP contribution in [-0.4, -0.2) is 24.2 Å². The van der Waals surface area contributed by atoms with Crippen LogP contribution in [0.4, 0.5) is 0 Å². The molecule has 146 valence electrons. The Labute approximate surface area is 157 Å². The molecule has 1 unspecified atom stereocenters. The molecule has 25 heavy (non-hydrogen) atoms. The lowest BCUT2D eigenvalue weighted by Crippen LogP contribution is -2.37. The Morgan fingerprint density at radius 1 is 0.880 bits per heavy atom. The van der Waals surface area contributed by atoms with Crippen molar-refractivity contribution in [2.24, 2.45) is 5.73 Å². The Hall–Kier alpha value is -0.960. The van der Waals surface area contributed by atoms with Crippen LogP contribution in [0, 0.1) is 0 Å². The number of hydrogen-bond donors (Lipinski definition) is 2. The molecule has 0 saturated carbocycles. The lowest BCUT2D eigenvalue weighted by molar-refractivity contribution is 0.264. The van der Waals surface area contributed by atoms with E-state index >= 15 is 0 Å². The van der Waals surface area contributed by atoms with Crippen LogP contribution in [0.1, 0.15) is 96.8 Å². The van der Waals surface area contributed by atoms with Crippen LogP contribution in [0.15, 0.2) is 24.6 Å². The number of nitrogens with two attached hydrogens (primary N) is 1. The van der Waals surface area contributed by atoms with Crippen molar-refractivity contribution in [1.82, 2.24) is 10.2 Å². The second-order valence-electron chi connectivity index (χ2n) is 7.40. The van der Waals surface area contributed by atoms with E-state index < -0.39 is 0 Å². The van der Waals surface area contributed by atoms with Crippen LogP contribution >= 0.6 is 0 Å². The Balaban J connectivity index is 1.79. The average Bonchev–Trinajstić information content (AvgIpc) is 3.06. The number of hydrogen-bond acceptors (Lipinski definition) is 3. The van der Waals surface area contributed by atoms with E-state index in [0.717, 1.165) is 13.1 Å². The Bertz CT molecular complexity index is 338. The standard InChI is InChI=1S/C22H43N3/c1-2-3-4-5-6-7-8-9-10-11-12-13-14-15-16-17-22-24-19-21-25(22)20-18-23/h7-8,19,21-22,24H,2-6,9-18,20,23H2,1H3/b8-7+. The monoisotopic (exact) mass is 349 g/mol. The predicted octanol–water partition coefficient (Wildman–Crippen LogP) is 5.69. The van der Waals surface area contributed by atoms with Crippen molar-refractivity contribution in [2.75, 3.05) is 13.1 Å². The van der Waals surface area contributed by atoms with Gasteiger partial charge in [-0.05, 0) is 38.5 Å². The van der Waals surface area contributed by atoms with E-state index in [1.807, 2.05) is 0 Å². The van der Waals surface area contributed by atoms with Crippen molar-refractivity contribution in [3.05, 3.63) is 24.6 Å². The molecule has 0 fully saturated rings. The van der Waals surface area contributed by atoms with Crippen molar-refractivity contribution in [2.45, 2.75) is 103 Å². The molecular formula is C22H43N3. The van der Waals surface area contributed by atoms with Gasteiger partial charge < -0.3 is 16.0 Å². The zero-order valence-electron chi connectivity index (χ0n) is 16.7. The molecule has 0 spiro atoms. The average molecular weight is 350 g/mol. The van der Waals surface area contributed by atoms with Gasteiger partial charge in [0.15, 0.2) is 0 Å². The summed E-state index contributed by atoms with van der Waals surface area (Å²) in [4.78, 5) is 2.33. The van der Waals surface area contributed by atoms with E-state index in [-0.39, 0.29) is 0 Å². The van der Waals surface area contributed by atoms with E-state index in [1.165, 1.54) is 89.9 Å². The minimum absolute atomic E-state index is 0.484. The highest BCUT2D eigenvalue weighted by molar-refractivity contribution is 4.94. The first kappa shape index (κ1) is 22.1. The highest BCUT2D eigenvalue weighted by Gasteiger charge is 2.16. The minimum atomic E-state index is 0.484. The van der Waals surface area contributed by atoms with E-state index in [4.69, 9.17) is 5.73 Å². The highest BCUT2D eigenvalue weighted by Crippen LogP contribution is 2.14. The fourth-order valence-corrected chi connectivity index (χ4v) is 3.49. The molecular weight excluding hydrogens is 306 g/mol. The van der Waals surface area contributed by atoms with Crippen LogP contribution in [0.5, 0.6) is 0 Å². The summed E-state index contributed by atoms with van der Waals surface area (Å²) in [5, 5.41) is 3.42. The van der Waals surface area contributed by atoms with Crippen LogP contribution in [0.3, 0.4) is 0 Å². The van der Waals surface area contributed by atoms with Crippen LogP contribution in [0.2, 0.25) is 0 Å². The molecule has 3 nitrogen and oxygen atoms in total. The number of allylic oxidation sites excluding steroid dienone is 2. The van der Waals surface area contributed by atoms with E-state index in [2.05, 4.69) is 41.7 Å². The SMILES string of the molecule is CCCCCC/C=C/CCCCCCCCCC1NC=CN1CCN. The molecule has 0 aromatic heterocycles. The van der Waals surface area contributed by atoms with E-state index in [1.54, 1.807) is 0 Å². The molecule has 1 rings (SSSR count). The van der Waals surface area contributed by atoms with Crippen molar-refractivity contribution in [1.29, 1.82) is 0 Å². The van der Waals surface area contributed by atoms with Crippen LogP contribution in [-0.2, 0) is 0 Å². The normalized spacial score (nSPS) is 16.9. The molecule has 0 radical (unpaired) electrons. The first-order chi connectivity index (χ1) is 12.4. The van der Waals surface area contributed by atoms with Gasteiger partial charge in [-0.2, -0.15) is 0 Å². The topological polar surface area (TPSA) is 41.3 Å². The maximum Gasteiger partial charge on any atom is 0.0981 e. The second kappa shape index (κ2) is 16.5. The van der Waals surface area contributed by atoms with Gasteiger partial charge in [0.05, 0.1) is 6.17 Å². The summed E-state index contributed by atoms with van der Waals surface area (Å²) >= 11 is 0. The van der Waals surface area contributed by atoms with Crippen molar-refractivity contribution >= 4 is 0 Å². The van der Waals surface area contributed by atoms with Gasteiger partial charge in [0.25, 0.3) is 0 Å². The first-order valence-corrected chi connectivity index (χ1v) is 10.9. The fraction of sp³-hybridized carbons (Fsp3) is 0.818. The summed E-state index contributed by atoms with van der Waals surface area (Å²) in [5.74, 6) is 0. The largest absolute Gasteiger partial charge is 0.370 e. The van der Waals surface area contributed by atoms with Gasteiger partial charge >= 0.3 is 0 Å². The first-order valence-electron chi connectivity index (χ1n) is 10.9. The molecule has 3 heteroatoms. The van der Waals surface area contributed by atoms with Crippen molar-refractivity contribution < 1.29 is 0 Å². The number of nitrogens with zero attached hydrogens (tertiary/aromatic N) is 1. The zero-order valence-corrected chi connectivity index (χ0v) is 16.7. The molecule has 0 aromatic rings. The van der Waals surface area contributed by atoms with Crippen LogP contribution < -0.4 is 11.1 Å². The summed E-state index contributed by atoms with van der Waals surface area (Å²) in [6.07, 6.45) is 28.5. The summed E-state index contributed by atoms with van der Waals surface area (Å²) in [6, 6.07) is 0. The maximum atomic E-state index is 5.65. The molecule has 0 aliphatic carbocycles. The smallest absolute Gasteiger partial charge is 0.0981 e. The van der Waals surface area contributed by atoms with Crippen LogP contribution in [0.25, 0.3) is 0 Å². The summed E-state index contributed by atoms with van der Waals surface area (Å²) in [6.45, 7) is 3.97. The van der Waals surface area contributed by atoms with Gasteiger partial charge in [-0.15, -0.1) is 0 Å². The van der Waals surface area contributed by atoms with Gasteiger partial charge in [0, 0.05) is 25.5 Å². The van der Waals surface area contributed by atoms with Gasteiger partial charge in [0.2, 0.25) is 0 Å². The van der Waals surface area contributed by atoms with Crippen molar-refractivity contribution in [3.8, 4) is 0 Å². The lowest BCUT2D eigenvalue weighted by atomic mass is 10.1. The Morgan fingerprint density at radius 3 is 2.12 bits per heavy atom. The van der Waals surface area contributed by atoms with Gasteiger partial charge in [-0.25, -0.2) is 0 Å². The van der Waals surface area contributed by atoms with Gasteiger partial charge in [-0.1, -0.05) is 70.4 Å². The Morgan fingerprint density at radius 2 is 1.48 bits per heavy atom. The third-order valence-corrected chi connectivity index (χ3v) is 5.08. The number of rotatable bonds is 17. The molecule has 1 atom stereocenters. The van der Waals surface area contributed by atoms with E-state index in [9.17, 15) is 0 Å². The summed E-state index contributed by atoms with van der Waals surface area (Å²) in [7, 11) is 0. The predicted molar refractivity (Wildman–Crippen MR) is 111 cm³/mol. The van der Waals surface area contributed by atoms with Crippen molar-refractivity contribution in [3.63, 3.8) is 0 Å². The number of nitrogens with one attached hydrogen (secondary N) is 1. The molecule has 3 N–H and O–H groups in total. The summed E-state index contributed by atoms with van der Waals surface area (Å²) in [5.41, 5.74) is 5.65. The number of unbranched alkanes of at least 4 members (excludes halogenated alkanes) is 11. The zero-order chi connectivity index (χ0) is 18.0. The third kappa shape index (κ3) is 12.1. The molecule has 0 saturated heterocycles.